The van der Waals surface area contributed by atoms with Crippen molar-refractivity contribution in [3.05, 3.63) is 137 Å². The van der Waals surface area contributed by atoms with E-state index in [2.05, 4.69) is 40.8 Å². The summed E-state index contributed by atoms with van der Waals surface area (Å²) in [6, 6.07) is 25.6. The van der Waals surface area contributed by atoms with Crippen molar-refractivity contribution in [1.29, 1.82) is 5.41 Å². The van der Waals surface area contributed by atoms with Crippen LogP contribution in [0.25, 0.3) is 26.9 Å². The number of nitrogens with two attached hydrogens (primary N) is 1. The van der Waals surface area contributed by atoms with Crippen LogP contribution in [-0.4, -0.2) is 21.6 Å². The number of aromatic nitrogens is 2. The minimum atomic E-state index is -0.0885. The maximum Gasteiger partial charge on any atom is 0.228 e. The number of hydrogen-bond donors (Lipinski definition) is 4. The number of nitrogens with zero attached hydrogens (tertiary/aromatic N) is 1. The molecule has 5 N–H and O–H groups in total. The van der Waals surface area contributed by atoms with Crippen molar-refractivity contribution in [2.45, 2.75) is 13.3 Å². The fourth-order valence-corrected chi connectivity index (χ4v) is 5.74. The Balaban J connectivity index is 1.30. The Kier molecular flexibility index (Phi) is 7.18. The quantitative estimate of drug-likeness (QED) is 0.161. The Bertz CT molecular complexity index is 1840. The Hall–Kier alpha value is -5.01. The van der Waals surface area contributed by atoms with Crippen molar-refractivity contribution in [2.24, 2.45) is 5.92 Å². The molecule has 0 saturated heterocycles. The number of aromatic amines is 1. The van der Waals surface area contributed by atoms with Gasteiger partial charge in [0.15, 0.2) is 0 Å². The van der Waals surface area contributed by atoms with E-state index < -0.39 is 0 Å². The van der Waals surface area contributed by atoms with Crippen LogP contribution in [0, 0.1) is 11.3 Å². The van der Waals surface area contributed by atoms with Crippen LogP contribution in [0.15, 0.2) is 114 Å². The summed E-state index contributed by atoms with van der Waals surface area (Å²) in [5.74, 6) is 0.0332. The van der Waals surface area contributed by atoms with E-state index >= 15 is 0 Å². The van der Waals surface area contributed by atoms with Gasteiger partial charge in [-0.2, -0.15) is 0 Å². The van der Waals surface area contributed by atoms with Gasteiger partial charge in [-0.05, 0) is 64.9 Å². The first-order valence-corrected chi connectivity index (χ1v) is 14.3. The second-order valence-electron chi connectivity index (χ2n) is 10.1. The van der Waals surface area contributed by atoms with Crippen LogP contribution in [0.2, 0.25) is 0 Å². The van der Waals surface area contributed by atoms with Crippen molar-refractivity contribution >= 4 is 45.1 Å². The van der Waals surface area contributed by atoms with Gasteiger partial charge in [-0.1, -0.05) is 67.6 Å². The zero-order valence-electron chi connectivity index (χ0n) is 22.5. The number of benzene rings is 2. The third kappa shape index (κ3) is 5.66. The number of carbonyl (C=O) groups excluding carboxylic acids is 1. The van der Waals surface area contributed by atoms with E-state index in [1.807, 2.05) is 78.9 Å². The first-order chi connectivity index (χ1) is 19.9. The molecule has 5 aromatic rings. The number of fused-ring (bicyclic) bond motifs is 1. The van der Waals surface area contributed by atoms with Crippen LogP contribution in [0.5, 0.6) is 0 Å². The summed E-state index contributed by atoms with van der Waals surface area (Å²) in [7, 11) is 0. The highest BCUT2D eigenvalue weighted by Gasteiger charge is 2.18. The van der Waals surface area contributed by atoms with Gasteiger partial charge in [-0.3, -0.25) is 10.2 Å². The van der Waals surface area contributed by atoms with Gasteiger partial charge in [0.2, 0.25) is 5.91 Å². The van der Waals surface area contributed by atoms with Crippen LogP contribution in [0.3, 0.4) is 0 Å². The smallest absolute Gasteiger partial charge is 0.228 e. The lowest BCUT2D eigenvalue weighted by atomic mass is 10.0. The number of allylic oxidation sites excluding steroid dienone is 5. The van der Waals surface area contributed by atoms with Crippen molar-refractivity contribution in [3.8, 4) is 10.4 Å². The number of anilines is 1. The molecule has 202 valence electrons. The summed E-state index contributed by atoms with van der Waals surface area (Å²) < 4.78 is 0. The average Bonchev–Trinajstić information content (AvgIpc) is 3.63. The maximum atomic E-state index is 12.8. The molecule has 0 unspecified atom stereocenters. The number of nitrogen functional groups attached to an aromatic ring is 1. The van der Waals surface area contributed by atoms with Crippen molar-refractivity contribution in [3.63, 3.8) is 0 Å². The predicted octanol–water partition coefficient (Wildman–Crippen LogP) is 7.12. The van der Waals surface area contributed by atoms with Crippen molar-refractivity contribution < 1.29 is 4.79 Å². The average molecular weight is 556 g/mol. The summed E-state index contributed by atoms with van der Waals surface area (Å²) in [6.07, 6.45) is 8.27. The van der Waals surface area contributed by atoms with Crippen LogP contribution in [0.1, 0.15) is 29.6 Å². The normalized spacial score (nSPS) is 14.8. The molecule has 6 rings (SSSR count). The maximum absolute atomic E-state index is 12.8. The molecule has 3 aromatic heterocycles. The molecule has 41 heavy (non-hydrogen) atoms. The lowest BCUT2D eigenvalue weighted by Crippen LogP contribution is -2.23. The molecule has 0 saturated carbocycles. The van der Waals surface area contributed by atoms with E-state index in [4.69, 9.17) is 16.1 Å². The van der Waals surface area contributed by atoms with Gasteiger partial charge in [0.1, 0.15) is 11.4 Å². The van der Waals surface area contributed by atoms with Gasteiger partial charge in [0, 0.05) is 27.0 Å². The molecule has 1 amide bonds. The number of nitrogens with one attached hydrogen (secondary N) is 3. The van der Waals surface area contributed by atoms with Crippen molar-refractivity contribution in [2.75, 3.05) is 5.73 Å². The third-order valence-electron chi connectivity index (χ3n) is 7.00. The number of pyridine rings is 1. The molecule has 3 heterocycles. The van der Waals surface area contributed by atoms with Gasteiger partial charge < -0.3 is 16.0 Å². The molecule has 7 heteroatoms. The van der Waals surface area contributed by atoms with E-state index in [9.17, 15) is 4.79 Å². The standard InChI is InChI=1S/C34H29N5OS/c1-21-12-13-24(37-32(40)18-22-7-3-2-4-8-22)19-23(17-21)28-15-14-27(35)34(39-28)33(36)30-20-26-25(31-11-6-16-41-31)9-5-10-29(26)38-30/h2-17,19-21,36,38H,18,35H2,1H3,(H,37,40)/t21-/m0/s1. The van der Waals surface area contributed by atoms with Crippen LogP contribution in [0.4, 0.5) is 5.69 Å². The number of thiophene rings is 1. The third-order valence-corrected chi connectivity index (χ3v) is 7.91. The Morgan fingerprint density at radius 2 is 1.93 bits per heavy atom. The predicted molar refractivity (Wildman–Crippen MR) is 169 cm³/mol. The molecule has 0 aliphatic heterocycles. The van der Waals surface area contributed by atoms with E-state index in [-0.39, 0.29) is 17.5 Å². The van der Waals surface area contributed by atoms with Gasteiger partial charge in [-0.25, -0.2) is 4.98 Å². The highest BCUT2D eigenvalue weighted by molar-refractivity contribution is 7.13. The molecule has 0 radical (unpaired) electrons. The summed E-state index contributed by atoms with van der Waals surface area (Å²) in [6.45, 7) is 2.08. The summed E-state index contributed by atoms with van der Waals surface area (Å²) in [4.78, 5) is 22.2. The van der Waals surface area contributed by atoms with Crippen molar-refractivity contribution in [1.82, 2.24) is 15.3 Å². The van der Waals surface area contributed by atoms with E-state index in [1.165, 1.54) is 4.88 Å². The molecule has 1 aliphatic rings. The molecular weight excluding hydrogens is 526 g/mol. The highest BCUT2D eigenvalue weighted by Crippen LogP contribution is 2.33. The second kappa shape index (κ2) is 11.2. The number of rotatable bonds is 7. The van der Waals surface area contributed by atoms with Gasteiger partial charge >= 0.3 is 0 Å². The van der Waals surface area contributed by atoms with E-state index in [1.54, 1.807) is 17.4 Å². The molecule has 1 aliphatic carbocycles. The summed E-state index contributed by atoms with van der Waals surface area (Å²) in [5.41, 5.74) is 13.3. The molecular formula is C34H29N5OS. The van der Waals surface area contributed by atoms with E-state index in [0.717, 1.165) is 27.6 Å². The topological polar surface area (TPSA) is 108 Å². The minimum absolute atomic E-state index is 0.0885. The van der Waals surface area contributed by atoms with Crippen LogP contribution < -0.4 is 11.1 Å². The summed E-state index contributed by atoms with van der Waals surface area (Å²) >= 11 is 1.69. The molecule has 2 aromatic carbocycles. The Morgan fingerprint density at radius 3 is 2.73 bits per heavy atom. The Morgan fingerprint density at radius 1 is 1.07 bits per heavy atom. The molecule has 0 bridgehead atoms. The largest absolute Gasteiger partial charge is 0.397 e. The van der Waals surface area contributed by atoms with Crippen LogP contribution >= 0.6 is 11.3 Å². The molecule has 0 fully saturated rings. The first kappa shape index (κ1) is 26.2. The zero-order chi connectivity index (χ0) is 28.3. The monoisotopic (exact) mass is 555 g/mol. The molecule has 0 spiro atoms. The van der Waals surface area contributed by atoms with Crippen LogP contribution in [-0.2, 0) is 11.2 Å². The number of H-pyrrole nitrogens is 1. The second-order valence-corrected chi connectivity index (χ2v) is 11.0. The van der Waals surface area contributed by atoms with E-state index in [0.29, 0.717) is 34.9 Å². The minimum Gasteiger partial charge on any atom is -0.397 e. The Labute approximate surface area is 242 Å². The number of carbonyl (C=O) groups is 1. The molecule has 6 nitrogen and oxygen atoms in total. The number of amides is 1. The van der Waals surface area contributed by atoms with Gasteiger partial charge in [-0.15, -0.1) is 11.3 Å². The molecule has 1 atom stereocenters. The fourth-order valence-electron chi connectivity index (χ4n) is 4.98. The highest BCUT2D eigenvalue weighted by atomic mass is 32.1. The zero-order valence-corrected chi connectivity index (χ0v) is 23.3. The lowest BCUT2D eigenvalue weighted by Gasteiger charge is -2.11. The summed E-state index contributed by atoms with van der Waals surface area (Å²) in [5, 5.41) is 15.2. The number of hydrogen-bond acceptors (Lipinski definition) is 5. The fraction of sp³-hybridized carbons (Fsp3) is 0.0882. The SMILES string of the molecule is C[C@H]1C=CC(NC(=O)Cc2ccccc2)=CC(c2ccc(N)c(C(=N)c3cc4c(-c5cccs5)cccc4[nH]3)n2)=C1. The lowest BCUT2D eigenvalue weighted by molar-refractivity contribution is -0.119. The van der Waals surface area contributed by atoms with Gasteiger partial charge in [0.05, 0.1) is 23.5 Å². The first-order valence-electron chi connectivity index (χ1n) is 13.4. The van der Waals surface area contributed by atoms with Gasteiger partial charge in [0.25, 0.3) is 0 Å².